The Morgan fingerprint density at radius 1 is 1.29 bits per heavy atom. The third kappa shape index (κ3) is 4.45. The van der Waals surface area contributed by atoms with Crippen LogP contribution in [0.5, 0.6) is 0 Å². The predicted octanol–water partition coefficient (Wildman–Crippen LogP) is 3.28. The first kappa shape index (κ1) is 21.8. The van der Waals surface area contributed by atoms with Crippen LogP contribution in [-0.2, 0) is 32.6 Å². The van der Waals surface area contributed by atoms with E-state index in [1.54, 1.807) is 13.1 Å². The van der Waals surface area contributed by atoms with Crippen molar-refractivity contribution >= 4 is 46.4 Å². The lowest BCUT2D eigenvalue weighted by atomic mass is 9.80. The fourth-order valence-corrected chi connectivity index (χ4v) is 5.57. The number of halogens is 1. The first-order chi connectivity index (χ1) is 14.8. The summed E-state index contributed by atoms with van der Waals surface area (Å²) in [4.78, 5) is 43.9. The van der Waals surface area contributed by atoms with Crippen molar-refractivity contribution in [1.82, 2.24) is 9.88 Å². The second-order valence-electron chi connectivity index (χ2n) is 8.28. The molecule has 7 nitrogen and oxygen atoms in total. The smallest absolute Gasteiger partial charge is 0.303 e. The van der Waals surface area contributed by atoms with Crippen LogP contribution in [0.4, 0.5) is 5.69 Å². The Hall–Kier alpha value is -2.45. The van der Waals surface area contributed by atoms with Crippen molar-refractivity contribution in [2.45, 2.75) is 44.4 Å². The lowest BCUT2D eigenvalue weighted by Crippen LogP contribution is -2.40. The number of aryl methyl sites for hydroxylation is 1. The Morgan fingerprint density at radius 3 is 2.74 bits per heavy atom. The van der Waals surface area contributed by atoms with Gasteiger partial charge in [-0.1, -0.05) is 23.7 Å². The molecule has 1 N–H and O–H groups in total. The molecule has 0 bridgehead atoms. The SMILES string of the molecule is CC(=O)N1CCC2(C1)CN(C(=O)Cc1ncc(Cl)s1)c1ccc(CCCC(=O)O)cc12. The first-order valence-electron chi connectivity index (χ1n) is 10.3. The van der Waals surface area contributed by atoms with Gasteiger partial charge in [-0.3, -0.25) is 14.4 Å². The number of carboxylic acid groups (broad SMARTS) is 1. The number of amides is 2. The molecular weight excluding hydrogens is 438 g/mol. The highest BCUT2D eigenvalue weighted by Crippen LogP contribution is 2.47. The quantitative estimate of drug-likeness (QED) is 0.712. The van der Waals surface area contributed by atoms with E-state index in [1.165, 1.54) is 11.3 Å². The molecule has 3 heterocycles. The number of carbonyl (C=O) groups is 3. The number of anilines is 1. The van der Waals surface area contributed by atoms with Crippen molar-refractivity contribution in [1.29, 1.82) is 0 Å². The molecule has 1 atom stereocenters. The second kappa shape index (κ2) is 8.59. The number of aliphatic carboxylic acids is 1. The zero-order valence-electron chi connectivity index (χ0n) is 17.3. The van der Waals surface area contributed by atoms with Gasteiger partial charge in [-0.05, 0) is 36.5 Å². The number of thiazole rings is 1. The molecule has 0 radical (unpaired) electrons. The summed E-state index contributed by atoms with van der Waals surface area (Å²) < 4.78 is 0.556. The van der Waals surface area contributed by atoms with E-state index in [-0.39, 0.29) is 30.1 Å². The van der Waals surface area contributed by atoms with Gasteiger partial charge in [0.15, 0.2) is 0 Å². The van der Waals surface area contributed by atoms with Crippen LogP contribution in [0.15, 0.2) is 24.4 Å². The molecule has 2 amide bonds. The third-order valence-electron chi connectivity index (χ3n) is 6.17. The molecule has 2 aliphatic heterocycles. The number of hydrogen-bond acceptors (Lipinski definition) is 5. The molecule has 2 aliphatic rings. The van der Waals surface area contributed by atoms with E-state index in [9.17, 15) is 14.4 Å². The van der Waals surface area contributed by atoms with E-state index >= 15 is 0 Å². The largest absolute Gasteiger partial charge is 0.481 e. The Labute approximate surface area is 189 Å². The zero-order chi connectivity index (χ0) is 22.2. The van der Waals surface area contributed by atoms with Crippen LogP contribution in [0, 0.1) is 0 Å². The number of nitrogens with zero attached hydrogens (tertiary/aromatic N) is 3. The van der Waals surface area contributed by atoms with E-state index < -0.39 is 5.97 Å². The van der Waals surface area contributed by atoms with Gasteiger partial charge in [-0.15, -0.1) is 11.3 Å². The standard InChI is InChI=1S/C22H24ClN3O4S/c1-14(27)25-8-7-22(12-25)13-26(20(28)10-19-24-11-18(23)31-19)17-6-5-15(9-16(17)22)3-2-4-21(29)30/h5-6,9,11H,2-4,7-8,10,12-13H2,1H3,(H,29,30). The lowest BCUT2D eigenvalue weighted by molar-refractivity contribution is -0.137. The Bertz CT molecular complexity index is 1040. The van der Waals surface area contributed by atoms with Crippen molar-refractivity contribution in [2.24, 2.45) is 0 Å². The highest BCUT2D eigenvalue weighted by molar-refractivity contribution is 7.15. The number of fused-ring (bicyclic) bond motifs is 2. The Kier molecular flexibility index (Phi) is 6.03. The van der Waals surface area contributed by atoms with Gasteiger partial charge in [-0.2, -0.15) is 0 Å². The van der Waals surface area contributed by atoms with Crippen molar-refractivity contribution in [3.8, 4) is 0 Å². The third-order valence-corrected chi connectivity index (χ3v) is 7.28. The molecule has 1 aromatic carbocycles. The molecule has 1 unspecified atom stereocenters. The van der Waals surface area contributed by atoms with E-state index in [2.05, 4.69) is 11.1 Å². The fraction of sp³-hybridized carbons (Fsp3) is 0.455. The number of carboxylic acids is 1. The number of benzene rings is 1. The molecular formula is C22H24ClN3O4S. The van der Waals surface area contributed by atoms with Gasteiger partial charge in [-0.25, -0.2) is 4.98 Å². The summed E-state index contributed by atoms with van der Waals surface area (Å²) in [5, 5.41) is 9.60. The van der Waals surface area contributed by atoms with Crippen LogP contribution in [0.25, 0.3) is 0 Å². The minimum absolute atomic E-state index is 0.0379. The van der Waals surface area contributed by atoms with Crippen LogP contribution in [-0.4, -0.2) is 52.4 Å². The van der Waals surface area contributed by atoms with Crippen molar-refractivity contribution < 1.29 is 19.5 Å². The maximum atomic E-state index is 13.2. The topological polar surface area (TPSA) is 90.8 Å². The average molecular weight is 462 g/mol. The maximum absolute atomic E-state index is 13.2. The van der Waals surface area contributed by atoms with Gasteiger partial charge in [0, 0.05) is 44.1 Å². The van der Waals surface area contributed by atoms with Gasteiger partial charge in [0.2, 0.25) is 11.8 Å². The van der Waals surface area contributed by atoms with Crippen LogP contribution in [0.3, 0.4) is 0 Å². The van der Waals surface area contributed by atoms with Crippen molar-refractivity contribution in [3.05, 3.63) is 44.9 Å². The molecule has 1 fully saturated rings. The van der Waals surface area contributed by atoms with Crippen molar-refractivity contribution in [2.75, 3.05) is 24.5 Å². The summed E-state index contributed by atoms with van der Waals surface area (Å²) in [5.74, 6) is -0.799. The first-order valence-corrected chi connectivity index (χ1v) is 11.5. The molecule has 1 aromatic heterocycles. The zero-order valence-corrected chi connectivity index (χ0v) is 18.8. The molecule has 31 heavy (non-hydrogen) atoms. The molecule has 9 heteroatoms. The van der Waals surface area contributed by atoms with Crippen LogP contribution in [0.1, 0.15) is 42.3 Å². The van der Waals surface area contributed by atoms with E-state index in [1.807, 2.05) is 21.9 Å². The minimum Gasteiger partial charge on any atom is -0.481 e. The summed E-state index contributed by atoms with van der Waals surface area (Å²) in [7, 11) is 0. The second-order valence-corrected chi connectivity index (χ2v) is 10.0. The summed E-state index contributed by atoms with van der Waals surface area (Å²) >= 11 is 7.27. The predicted molar refractivity (Wildman–Crippen MR) is 119 cm³/mol. The molecule has 164 valence electrons. The fourth-order valence-electron chi connectivity index (χ4n) is 4.62. The normalized spacial score (nSPS) is 19.8. The van der Waals surface area contributed by atoms with Crippen LogP contribution in [0.2, 0.25) is 4.34 Å². The average Bonchev–Trinajstić information content (AvgIpc) is 3.41. The lowest BCUT2D eigenvalue weighted by Gasteiger charge is -2.25. The van der Waals surface area contributed by atoms with E-state index in [4.69, 9.17) is 16.7 Å². The molecule has 0 saturated carbocycles. The van der Waals surface area contributed by atoms with E-state index in [0.717, 1.165) is 23.2 Å². The van der Waals surface area contributed by atoms with Gasteiger partial charge >= 0.3 is 5.97 Å². The highest BCUT2D eigenvalue weighted by atomic mass is 35.5. The van der Waals surface area contributed by atoms with Crippen molar-refractivity contribution in [3.63, 3.8) is 0 Å². The van der Waals surface area contributed by atoms with Crippen LogP contribution < -0.4 is 4.90 Å². The van der Waals surface area contributed by atoms with Gasteiger partial charge in [0.1, 0.15) is 9.34 Å². The minimum atomic E-state index is -0.801. The molecule has 2 aromatic rings. The summed E-state index contributed by atoms with van der Waals surface area (Å²) in [6.07, 6.45) is 3.89. The van der Waals surface area contributed by atoms with Gasteiger partial charge in [0.25, 0.3) is 0 Å². The summed E-state index contributed by atoms with van der Waals surface area (Å²) in [6.45, 7) is 3.36. The number of carbonyl (C=O) groups excluding carboxylic acids is 2. The number of likely N-dealkylation sites (tertiary alicyclic amines) is 1. The summed E-state index contributed by atoms with van der Waals surface area (Å²) in [6, 6.07) is 6.04. The monoisotopic (exact) mass is 461 g/mol. The molecule has 1 saturated heterocycles. The highest BCUT2D eigenvalue weighted by Gasteiger charge is 2.49. The van der Waals surface area contributed by atoms with Gasteiger partial charge < -0.3 is 14.9 Å². The van der Waals surface area contributed by atoms with Crippen LogP contribution >= 0.6 is 22.9 Å². The summed E-state index contributed by atoms with van der Waals surface area (Å²) in [5.41, 5.74) is 2.72. The maximum Gasteiger partial charge on any atom is 0.303 e. The molecule has 0 aliphatic carbocycles. The number of rotatable bonds is 6. The number of aromatic nitrogens is 1. The number of hydrogen-bond donors (Lipinski definition) is 1. The molecule has 4 rings (SSSR count). The Balaban J connectivity index is 1.62. The molecule has 1 spiro atoms. The van der Waals surface area contributed by atoms with E-state index in [0.29, 0.717) is 41.8 Å². The van der Waals surface area contributed by atoms with Gasteiger partial charge in [0.05, 0.1) is 12.6 Å². The Morgan fingerprint density at radius 2 is 2.10 bits per heavy atom.